The molecule has 8 heteroatoms. The standard InChI is InChI=1S/C11H12BrN5OS/c1-16(2)10(18)7-19-11-13-14-15-17(11)9-5-3-8(12)4-6-9/h3-6H,7H2,1-2H3. The summed E-state index contributed by atoms with van der Waals surface area (Å²) in [6.07, 6.45) is 0. The molecular formula is C11H12BrN5OS. The molecular weight excluding hydrogens is 330 g/mol. The molecule has 19 heavy (non-hydrogen) atoms. The van der Waals surface area contributed by atoms with E-state index in [0.29, 0.717) is 10.9 Å². The number of nitrogens with zero attached hydrogens (tertiary/aromatic N) is 5. The maximum Gasteiger partial charge on any atom is 0.232 e. The summed E-state index contributed by atoms with van der Waals surface area (Å²) >= 11 is 4.69. The van der Waals surface area contributed by atoms with Crippen molar-refractivity contribution >= 4 is 33.6 Å². The van der Waals surface area contributed by atoms with Crippen molar-refractivity contribution in [2.75, 3.05) is 19.8 Å². The van der Waals surface area contributed by atoms with E-state index in [2.05, 4.69) is 31.5 Å². The predicted octanol–water partition coefficient (Wildman–Crippen LogP) is 1.61. The predicted molar refractivity (Wildman–Crippen MR) is 76.3 cm³/mol. The molecule has 0 radical (unpaired) electrons. The number of hydrogen-bond acceptors (Lipinski definition) is 5. The van der Waals surface area contributed by atoms with Crippen LogP contribution in [-0.4, -0.2) is 50.9 Å². The third-order valence-corrected chi connectivity index (χ3v) is 3.77. The average Bonchev–Trinajstić information content (AvgIpc) is 2.85. The Kier molecular flexibility index (Phi) is 4.54. The normalized spacial score (nSPS) is 10.5. The number of rotatable bonds is 4. The molecule has 0 saturated carbocycles. The van der Waals surface area contributed by atoms with Crippen LogP contribution in [0.3, 0.4) is 0 Å². The van der Waals surface area contributed by atoms with Gasteiger partial charge >= 0.3 is 0 Å². The van der Waals surface area contributed by atoms with Crippen molar-refractivity contribution in [3.8, 4) is 5.69 Å². The summed E-state index contributed by atoms with van der Waals surface area (Å²) in [5, 5.41) is 12.1. The Labute approximate surface area is 123 Å². The highest BCUT2D eigenvalue weighted by molar-refractivity contribution is 9.10. The van der Waals surface area contributed by atoms with Crippen LogP contribution in [0.4, 0.5) is 0 Å². The molecule has 1 aromatic heterocycles. The summed E-state index contributed by atoms with van der Waals surface area (Å²) in [4.78, 5) is 13.1. The first-order chi connectivity index (χ1) is 9.08. The Morgan fingerprint density at radius 3 is 2.68 bits per heavy atom. The quantitative estimate of drug-likeness (QED) is 0.790. The topological polar surface area (TPSA) is 63.9 Å². The smallest absolute Gasteiger partial charge is 0.232 e. The first-order valence-corrected chi connectivity index (χ1v) is 7.23. The lowest BCUT2D eigenvalue weighted by atomic mass is 10.3. The van der Waals surface area contributed by atoms with Crippen LogP contribution in [0.5, 0.6) is 0 Å². The van der Waals surface area contributed by atoms with Gasteiger partial charge in [0.25, 0.3) is 0 Å². The van der Waals surface area contributed by atoms with Gasteiger partial charge in [0.05, 0.1) is 11.4 Å². The zero-order valence-corrected chi connectivity index (χ0v) is 12.8. The number of halogens is 1. The fourth-order valence-corrected chi connectivity index (χ4v) is 2.40. The summed E-state index contributed by atoms with van der Waals surface area (Å²) in [5.74, 6) is 0.333. The van der Waals surface area contributed by atoms with E-state index in [9.17, 15) is 4.79 Å². The minimum atomic E-state index is 0.0235. The van der Waals surface area contributed by atoms with Crippen LogP contribution >= 0.6 is 27.7 Å². The van der Waals surface area contributed by atoms with Gasteiger partial charge in [-0.1, -0.05) is 27.7 Å². The van der Waals surface area contributed by atoms with Gasteiger partial charge in [-0.3, -0.25) is 4.79 Å². The Morgan fingerprint density at radius 1 is 1.37 bits per heavy atom. The van der Waals surface area contributed by atoms with Gasteiger partial charge < -0.3 is 4.90 Å². The molecule has 0 saturated heterocycles. The molecule has 2 aromatic rings. The summed E-state index contributed by atoms with van der Waals surface area (Å²) in [6, 6.07) is 7.63. The third-order valence-electron chi connectivity index (χ3n) is 2.34. The lowest BCUT2D eigenvalue weighted by Crippen LogP contribution is -2.23. The lowest BCUT2D eigenvalue weighted by Gasteiger charge is -2.09. The summed E-state index contributed by atoms with van der Waals surface area (Å²) < 4.78 is 2.60. The second-order valence-electron chi connectivity index (χ2n) is 3.93. The molecule has 0 N–H and O–H groups in total. The van der Waals surface area contributed by atoms with Gasteiger partial charge in [-0.25, -0.2) is 0 Å². The number of carbonyl (C=O) groups is 1. The fraction of sp³-hybridized carbons (Fsp3) is 0.273. The average molecular weight is 342 g/mol. The van der Waals surface area contributed by atoms with Crippen LogP contribution in [0.15, 0.2) is 33.9 Å². The first kappa shape index (κ1) is 14.0. The second-order valence-corrected chi connectivity index (χ2v) is 5.78. The van der Waals surface area contributed by atoms with E-state index in [0.717, 1.165) is 10.2 Å². The highest BCUT2D eigenvalue weighted by atomic mass is 79.9. The summed E-state index contributed by atoms with van der Waals surface area (Å²) in [7, 11) is 3.45. The van der Waals surface area contributed by atoms with E-state index in [4.69, 9.17) is 0 Å². The highest BCUT2D eigenvalue weighted by Gasteiger charge is 2.12. The van der Waals surface area contributed by atoms with Crippen LogP contribution in [0.25, 0.3) is 5.69 Å². The maximum atomic E-state index is 11.6. The Hall–Kier alpha value is -1.41. The minimum absolute atomic E-state index is 0.0235. The van der Waals surface area contributed by atoms with E-state index in [-0.39, 0.29) is 5.91 Å². The maximum absolute atomic E-state index is 11.6. The van der Waals surface area contributed by atoms with Gasteiger partial charge in [0.2, 0.25) is 11.1 Å². The molecule has 1 aromatic carbocycles. The minimum Gasteiger partial charge on any atom is -0.348 e. The van der Waals surface area contributed by atoms with Crippen molar-refractivity contribution in [3.63, 3.8) is 0 Å². The highest BCUT2D eigenvalue weighted by Crippen LogP contribution is 2.19. The zero-order chi connectivity index (χ0) is 13.8. The van der Waals surface area contributed by atoms with Gasteiger partial charge in [-0.2, -0.15) is 4.68 Å². The van der Waals surface area contributed by atoms with E-state index < -0.39 is 0 Å². The van der Waals surface area contributed by atoms with Crippen molar-refractivity contribution in [1.29, 1.82) is 0 Å². The molecule has 0 unspecified atom stereocenters. The molecule has 0 atom stereocenters. The number of aromatic nitrogens is 4. The van der Waals surface area contributed by atoms with E-state index in [1.165, 1.54) is 11.8 Å². The first-order valence-electron chi connectivity index (χ1n) is 5.45. The SMILES string of the molecule is CN(C)C(=O)CSc1nnnn1-c1ccc(Br)cc1. The molecule has 1 heterocycles. The number of tetrazole rings is 1. The van der Waals surface area contributed by atoms with Crippen LogP contribution < -0.4 is 0 Å². The molecule has 100 valence electrons. The van der Waals surface area contributed by atoms with Gasteiger partial charge in [0.15, 0.2) is 0 Å². The van der Waals surface area contributed by atoms with Crippen molar-refractivity contribution in [2.45, 2.75) is 5.16 Å². The Balaban J connectivity index is 2.14. The third kappa shape index (κ3) is 3.54. The zero-order valence-electron chi connectivity index (χ0n) is 10.4. The van der Waals surface area contributed by atoms with Crippen molar-refractivity contribution in [3.05, 3.63) is 28.7 Å². The van der Waals surface area contributed by atoms with Crippen LogP contribution in [0.2, 0.25) is 0 Å². The van der Waals surface area contributed by atoms with Gasteiger partial charge in [0, 0.05) is 18.6 Å². The number of carbonyl (C=O) groups excluding carboxylic acids is 1. The monoisotopic (exact) mass is 341 g/mol. The van der Waals surface area contributed by atoms with Gasteiger partial charge in [-0.05, 0) is 34.7 Å². The molecule has 0 fully saturated rings. The van der Waals surface area contributed by atoms with E-state index in [1.807, 2.05) is 24.3 Å². The lowest BCUT2D eigenvalue weighted by molar-refractivity contribution is -0.125. The summed E-state index contributed by atoms with van der Waals surface area (Å²) in [6.45, 7) is 0. The van der Waals surface area contributed by atoms with Crippen molar-refractivity contribution in [2.24, 2.45) is 0 Å². The Morgan fingerprint density at radius 2 is 2.05 bits per heavy atom. The number of benzene rings is 1. The number of thioether (sulfide) groups is 1. The Bertz CT molecular complexity index is 569. The van der Waals surface area contributed by atoms with Crippen LogP contribution in [0.1, 0.15) is 0 Å². The molecule has 0 aliphatic rings. The van der Waals surface area contributed by atoms with Gasteiger partial charge in [0.1, 0.15) is 0 Å². The second kappa shape index (κ2) is 6.16. The molecule has 0 aliphatic carbocycles. The fourth-order valence-electron chi connectivity index (χ4n) is 1.27. The number of amides is 1. The summed E-state index contributed by atoms with van der Waals surface area (Å²) in [5.41, 5.74) is 0.855. The van der Waals surface area contributed by atoms with Crippen LogP contribution in [-0.2, 0) is 4.79 Å². The molecule has 0 aliphatic heterocycles. The molecule has 1 amide bonds. The van der Waals surface area contributed by atoms with Gasteiger partial charge in [-0.15, -0.1) is 5.10 Å². The molecule has 2 rings (SSSR count). The van der Waals surface area contributed by atoms with Crippen LogP contribution in [0, 0.1) is 0 Å². The van der Waals surface area contributed by atoms with E-state index in [1.54, 1.807) is 23.7 Å². The van der Waals surface area contributed by atoms with Crippen molar-refractivity contribution in [1.82, 2.24) is 25.1 Å². The molecule has 0 bridgehead atoms. The molecule has 6 nitrogen and oxygen atoms in total. The molecule has 0 spiro atoms. The largest absolute Gasteiger partial charge is 0.348 e. The van der Waals surface area contributed by atoms with E-state index >= 15 is 0 Å². The number of hydrogen-bond donors (Lipinski definition) is 0. The van der Waals surface area contributed by atoms with Crippen molar-refractivity contribution < 1.29 is 4.79 Å².